The van der Waals surface area contributed by atoms with Crippen LogP contribution in [0.1, 0.15) is 45.6 Å². The number of β-amino-alcohol motifs (C(OH)–C–C–N with tert-alkyl or cyclic N) is 1. The molecule has 1 aromatic rings. The van der Waals surface area contributed by atoms with Crippen LogP contribution in [0.3, 0.4) is 0 Å². The van der Waals surface area contributed by atoms with Crippen LogP contribution in [0.15, 0.2) is 30.3 Å². The Bertz CT molecular complexity index is 687. The van der Waals surface area contributed by atoms with Crippen molar-refractivity contribution >= 4 is 11.9 Å². The van der Waals surface area contributed by atoms with Crippen molar-refractivity contribution in [3.05, 3.63) is 35.9 Å². The Morgan fingerprint density at radius 1 is 1.23 bits per heavy atom. The lowest BCUT2D eigenvalue weighted by atomic mass is 9.74. The van der Waals surface area contributed by atoms with Crippen LogP contribution in [0.25, 0.3) is 0 Å². The van der Waals surface area contributed by atoms with Gasteiger partial charge in [-0.2, -0.15) is 0 Å². The number of likely N-dealkylation sites (tertiary alicyclic amines) is 1. The van der Waals surface area contributed by atoms with Crippen molar-refractivity contribution in [1.82, 2.24) is 4.90 Å². The van der Waals surface area contributed by atoms with Crippen molar-refractivity contribution in [1.29, 1.82) is 0 Å². The van der Waals surface area contributed by atoms with Crippen molar-refractivity contribution in [2.45, 2.75) is 58.0 Å². The number of nitrogens with zero attached hydrogens (tertiary/aromatic N) is 1. The molecule has 2 aliphatic heterocycles. The third kappa shape index (κ3) is 2.63. The summed E-state index contributed by atoms with van der Waals surface area (Å²) in [5.41, 5.74) is -1.46. The minimum absolute atomic E-state index is 0.0404. The molecule has 0 bridgehead atoms. The summed E-state index contributed by atoms with van der Waals surface area (Å²) in [6.45, 7) is 6.00. The lowest BCUT2D eigenvalue weighted by molar-refractivity contribution is -0.245. The summed E-state index contributed by atoms with van der Waals surface area (Å²) in [7, 11) is 0. The topological polar surface area (TPSA) is 76.1 Å². The fraction of sp³-hybridized carbons (Fsp3) is 0.600. The molecule has 6 nitrogen and oxygen atoms in total. The zero-order valence-electron chi connectivity index (χ0n) is 15.7. The summed E-state index contributed by atoms with van der Waals surface area (Å²) >= 11 is 0. The van der Waals surface area contributed by atoms with Crippen LogP contribution in [0, 0.1) is 5.41 Å². The van der Waals surface area contributed by atoms with Crippen LogP contribution in [0.5, 0.6) is 0 Å². The van der Waals surface area contributed by atoms with E-state index >= 15 is 0 Å². The van der Waals surface area contributed by atoms with E-state index in [0.717, 1.165) is 5.56 Å². The van der Waals surface area contributed by atoms with Gasteiger partial charge in [0.1, 0.15) is 0 Å². The van der Waals surface area contributed by atoms with Gasteiger partial charge in [0, 0.05) is 13.0 Å². The third-order valence-electron chi connectivity index (χ3n) is 5.83. The number of esters is 1. The highest BCUT2D eigenvalue weighted by atomic mass is 16.7. The van der Waals surface area contributed by atoms with Crippen molar-refractivity contribution in [3.8, 4) is 0 Å². The first-order valence-electron chi connectivity index (χ1n) is 9.29. The standard InChI is InChI=1S/C20H27NO5/c1-4-18(5-2)13-19(17(23)25-6-3)16(22)21(14-20(19,24)26-18)12-15-10-8-7-9-11-15/h7-11,24H,4-6,12-14H2,1-3H3/t19-,20+/m0/s1. The zero-order chi connectivity index (χ0) is 19.0. The second-order valence-corrected chi connectivity index (χ2v) is 7.23. The maximum Gasteiger partial charge on any atom is 0.327 e. The van der Waals surface area contributed by atoms with E-state index in [2.05, 4.69) is 0 Å². The number of carbonyl (C=O) groups is 2. The normalized spacial score (nSPS) is 29.7. The molecule has 6 heteroatoms. The number of benzene rings is 1. The molecule has 0 aromatic heterocycles. The minimum atomic E-state index is -1.86. The fourth-order valence-electron chi connectivity index (χ4n) is 4.26. The highest BCUT2D eigenvalue weighted by molar-refractivity contribution is 6.06. The summed E-state index contributed by atoms with van der Waals surface area (Å²) in [6.07, 6.45) is 1.37. The van der Waals surface area contributed by atoms with E-state index in [4.69, 9.17) is 9.47 Å². The smallest absolute Gasteiger partial charge is 0.327 e. The maximum absolute atomic E-state index is 13.3. The van der Waals surface area contributed by atoms with Gasteiger partial charge in [0.2, 0.25) is 17.1 Å². The van der Waals surface area contributed by atoms with Crippen LogP contribution in [-0.2, 0) is 25.6 Å². The minimum Gasteiger partial charge on any atom is -0.465 e. The van der Waals surface area contributed by atoms with Gasteiger partial charge in [-0.3, -0.25) is 9.59 Å². The van der Waals surface area contributed by atoms with Crippen LogP contribution < -0.4 is 0 Å². The molecule has 0 aliphatic carbocycles. The van der Waals surface area contributed by atoms with E-state index in [1.165, 1.54) is 4.90 Å². The molecule has 1 N–H and O–H groups in total. The van der Waals surface area contributed by atoms with Gasteiger partial charge >= 0.3 is 5.97 Å². The maximum atomic E-state index is 13.3. The number of hydrogen-bond donors (Lipinski definition) is 1. The van der Waals surface area contributed by atoms with Crippen molar-refractivity contribution in [2.75, 3.05) is 13.2 Å². The highest BCUT2D eigenvalue weighted by Gasteiger charge is 2.77. The number of carbonyl (C=O) groups excluding carboxylic acids is 2. The lowest BCUT2D eigenvalue weighted by Gasteiger charge is -2.31. The van der Waals surface area contributed by atoms with E-state index in [0.29, 0.717) is 19.4 Å². The number of fused-ring (bicyclic) bond motifs is 1. The first-order chi connectivity index (χ1) is 12.4. The van der Waals surface area contributed by atoms with E-state index in [1.807, 2.05) is 44.2 Å². The number of ether oxygens (including phenoxy) is 2. The molecule has 2 fully saturated rings. The predicted octanol–water partition coefficient (Wildman–Crippen LogP) is 2.25. The average molecular weight is 361 g/mol. The quantitative estimate of drug-likeness (QED) is 0.621. The molecule has 1 aromatic carbocycles. The van der Waals surface area contributed by atoms with Crippen LogP contribution in [-0.4, -0.2) is 46.4 Å². The molecule has 3 rings (SSSR count). The molecule has 142 valence electrons. The summed E-state index contributed by atoms with van der Waals surface area (Å²) < 4.78 is 11.3. The number of rotatable bonds is 6. The SMILES string of the molecule is CCOC(=O)[C@@]12CC(CC)(CC)O[C@]1(O)CN(Cc1ccccc1)C2=O. The molecule has 2 aliphatic rings. The number of hydrogen-bond acceptors (Lipinski definition) is 5. The Hall–Kier alpha value is -1.92. The number of aliphatic hydroxyl groups is 1. The number of amides is 1. The largest absolute Gasteiger partial charge is 0.465 e. The predicted molar refractivity (Wildman–Crippen MR) is 94.9 cm³/mol. The molecule has 2 atom stereocenters. The van der Waals surface area contributed by atoms with E-state index in [1.54, 1.807) is 6.92 Å². The van der Waals surface area contributed by atoms with Gasteiger partial charge in [0.25, 0.3) is 0 Å². The second-order valence-electron chi connectivity index (χ2n) is 7.23. The molecule has 0 spiro atoms. The lowest BCUT2D eigenvalue weighted by Crippen LogP contribution is -2.52. The van der Waals surface area contributed by atoms with Crippen LogP contribution in [0.4, 0.5) is 0 Å². The molecule has 0 unspecified atom stereocenters. The summed E-state index contributed by atoms with van der Waals surface area (Å²) in [5, 5.41) is 11.3. The first-order valence-corrected chi connectivity index (χ1v) is 9.29. The molecule has 2 heterocycles. The van der Waals surface area contributed by atoms with Crippen LogP contribution >= 0.6 is 0 Å². The first kappa shape index (κ1) is 18.9. The Balaban J connectivity index is 1.98. The molecule has 2 saturated heterocycles. The van der Waals surface area contributed by atoms with Crippen LogP contribution in [0.2, 0.25) is 0 Å². The average Bonchev–Trinajstić information content (AvgIpc) is 3.02. The van der Waals surface area contributed by atoms with Gasteiger partial charge in [-0.25, -0.2) is 0 Å². The Morgan fingerprint density at radius 2 is 1.88 bits per heavy atom. The summed E-state index contributed by atoms with van der Waals surface area (Å²) in [5.74, 6) is -2.96. The van der Waals surface area contributed by atoms with Gasteiger partial charge in [-0.15, -0.1) is 0 Å². The van der Waals surface area contributed by atoms with Gasteiger partial charge in [-0.05, 0) is 25.3 Å². The summed E-state index contributed by atoms with van der Waals surface area (Å²) in [6, 6.07) is 9.50. The molecular formula is C20H27NO5. The molecule has 0 radical (unpaired) electrons. The Kier molecular flexibility index (Phi) is 4.84. The van der Waals surface area contributed by atoms with Crippen molar-refractivity contribution < 1.29 is 24.2 Å². The van der Waals surface area contributed by atoms with Crippen molar-refractivity contribution in [2.24, 2.45) is 5.41 Å². The monoisotopic (exact) mass is 361 g/mol. The Morgan fingerprint density at radius 3 is 2.46 bits per heavy atom. The molecule has 0 saturated carbocycles. The Labute approximate surface area is 154 Å². The molecule has 26 heavy (non-hydrogen) atoms. The van der Waals surface area contributed by atoms with Gasteiger partial charge in [-0.1, -0.05) is 44.2 Å². The van der Waals surface area contributed by atoms with E-state index in [-0.39, 0.29) is 19.6 Å². The second kappa shape index (κ2) is 6.67. The van der Waals surface area contributed by atoms with Gasteiger partial charge in [0.05, 0.1) is 18.8 Å². The van der Waals surface area contributed by atoms with E-state index < -0.39 is 28.7 Å². The fourth-order valence-corrected chi connectivity index (χ4v) is 4.26. The highest BCUT2D eigenvalue weighted by Crippen LogP contribution is 2.58. The van der Waals surface area contributed by atoms with E-state index in [9.17, 15) is 14.7 Å². The molecule has 1 amide bonds. The van der Waals surface area contributed by atoms with Crippen molar-refractivity contribution in [3.63, 3.8) is 0 Å². The molecular weight excluding hydrogens is 334 g/mol. The van der Waals surface area contributed by atoms with Gasteiger partial charge in [0.15, 0.2) is 0 Å². The third-order valence-corrected chi connectivity index (χ3v) is 5.83. The van der Waals surface area contributed by atoms with Gasteiger partial charge < -0.3 is 19.5 Å². The zero-order valence-corrected chi connectivity index (χ0v) is 15.7. The summed E-state index contributed by atoms with van der Waals surface area (Å²) in [4.78, 5) is 27.7.